The number of fused-ring (bicyclic) bond motifs is 1. The van der Waals surface area contributed by atoms with Crippen molar-refractivity contribution in [1.29, 1.82) is 0 Å². The smallest absolute Gasteiger partial charge is 0.303 e. The molecule has 0 saturated heterocycles. The SMILES string of the molecule is Cc1c(C(=O)C(N)=O)c2c(OCCCC(=O)O)cccn2c1Cc1ccccc1-c1ccccc1. The molecular formula is C28H26N2O5. The highest BCUT2D eigenvalue weighted by molar-refractivity contribution is 6.44. The molecule has 0 aliphatic rings. The van der Waals surface area contributed by atoms with E-state index in [2.05, 4.69) is 6.07 Å². The zero-order valence-electron chi connectivity index (χ0n) is 19.4. The minimum Gasteiger partial charge on any atom is -0.491 e. The zero-order chi connectivity index (χ0) is 24.9. The maximum atomic E-state index is 12.9. The van der Waals surface area contributed by atoms with Crippen molar-refractivity contribution in [3.63, 3.8) is 0 Å². The third kappa shape index (κ3) is 4.94. The number of ketones is 1. The van der Waals surface area contributed by atoms with Gasteiger partial charge >= 0.3 is 5.97 Å². The Balaban J connectivity index is 1.82. The summed E-state index contributed by atoms with van der Waals surface area (Å²) in [7, 11) is 0. The number of nitrogens with two attached hydrogens (primary N) is 1. The molecule has 3 N–H and O–H groups in total. The van der Waals surface area contributed by atoms with Gasteiger partial charge in [0.2, 0.25) is 0 Å². The number of ether oxygens (including phenoxy) is 1. The van der Waals surface area contributed by atoms with Crippen LogP contribution in [0.2, 0.25) is 0 Å². The summed E-state index contributed by atoms with van der Waals surface area (Å²) >= 11 is 0. The normalized spacial score (nSPS) is 10.9. The highest BCUT2D eigenvalue weighted by Gasteiger charge is 2.26. The summed E-state index contributed by atoms with van der Waals surface area (Å²) in [5, 5.41) is 8.89. The lowest BCUT2D eigenvalue weighted by Crippen LogP contribution is -2.23. The van der Waals surface area contributed by atoms with E-state index >= 15 is 0 Å². The number of carboxylic acid groups (broad SMARTS) is 1. The molecule has 7 heteroatoms. The van der Waals surface area contributed by atoms with Gasteiger partial charge < -0.3 is 20.0 Å². The fourth-order valence-electron chi connectivity index (χ4n) is 4.35. The van der Waals surface area contributed by atoms with Crippen LogP contribution in [0.1, 0.15) is 40.0 Å². The van der Waals surface area contributed by atoms with Crippen molar-refractivity contribution in [3.05, 3.63) is 95.3 Å². The molecule has 0 bridgehead atoms. The molecule has 178 valence electrons. The van der Waals surface area contributed by atoms with E-state index in [9.17, 15) is 14.4 Å². The third-order valence-electron chi connectivity index (χ3n) is 6.00. The molecule has 35 heavy (non-hydrogen) atoms. The predicted octanol–water partition coefficient (Wildman–Crippen LogP) is 4.42. The molecule has 2 heterocycles. The molecule has 0 saturated carbocycles. The van der Waals surface area contributed by atoms with Gasteiger partial charge in [-0.25, -0.2) is 0 Å². The van der Waals surface area contributed by atoms with E-state index in [1.54, 1.807) is 19.1 Å². The van der Waals surface area contributed by atoms with E-state index in [0.29, 0.717) is 29.7 Å². The van der Waals surface area contributed by atoms with Crippen LogP contribution in [0.5, 0.6) is 5.75 Å². The summed E-state index contributed by atoms with van der Waals surface area (Å²) in [6, 6.07) is 21.6. The standard InChI is InChI=1S/C28H26N2O5/c1-18-22(17-20-11-5-6-12-21(20)19-9-3-2-4-10-19)30-15-7-13-23(35-16-8-14-24(31)32)26(30)25(18)27(33)28(29)34/h2-7,9-13,15H,8,14,16-17H2,1H3,(H2,29,34)(H,31,32). The average Bonchev–Trinajstić information content (AvgIpc) is 3.14. The molecule has 2 aromatic carbocycles. The van der Waals surface area contributed by atoms with Crippen molar-refractivity contribution < 1.29 is 24.2 Å². The van der Waals surface area contributed by atoms with Crippen molar-refractivity contribution in [1.82, 2.24) is 4.40 Å². The van der Waals surface area contributed by atoms with Crippen LogP contribution in [0.15, 0.2) is 72.9 Å². The topological polar surface area (TPSA) is 111 Å². The van der Waals surface area contributed by atoms with Crippen LogP contribution in [-0.2, 0) is 16.0 Å². The number of hydrogen-bond donors (Lipinski definition) is 2. The number of carbonyl (C=O) groups excluding carboxylic acids is 2. The molecule has 4 aromatic rings. The molecule has 1 amide bonds. The van der Waals surface area contributed by atoms with Gasteiger partial charge in [0.15, 0.2) is 0 Å². The average molecular weight is 471 g/mol. The second kappa shape index (κ2) is 10.3. The number of benzene rings is 2. The summed E-state index contributed by atoms with van der Waals surface area (Å²) in [5.74, 6) is -2.34. The lowest BCUT2D eigenvalue weighted by Gasteiger charge is -2.12. The lowest BCUT2D eigenvalue weighted by atomic mass is 9.95. The van der Waals surface area contributed by atoms with Crippen LogP contribution in [0.3, 0.4) is 0 Å². The second-order valence-corrected chi connectivity index (χ2v) is 8.28. The van der Waals surface area contributed by atoms with Gasteiger partial charge in [0.1, 0.15) is 5.75 Å². The van der Waals surface area contributed by atoms with Gasteiger partial charge in [-0.05, 0) is 47.7 Å². The Morgan fingerprint density at radius 2 is 1.69 bits per heavy atom. The Hall–Kier alpha value is -4.39. The van der Waals surface area contributed by atoms with E-state index in [1.807, 2.05) is 59.1 Å². The van der Waals surface area contributed by atoms with Crippen molar-refractivity contribution in [2.45, 2.75) is 26.2 Å². The Kier molecular flexibility index (Phi) is 6.96. The number of hydrogen-bond acceptors (Lipinski definition) is 4. The monoisotopic (exact) mass is 470 g/mol. The summed E-state index contributed by atoms with van der Waals surface area (Å²) in [5.41, 5.74) is 10.8. The number of Topliss-reactive ketones (excluding diaryl/α,β-unsaturated/α-hetero) is 1. The van der Waals surface area contributed by atoms with Gasteiger partial charge in [0, 0.05) is 24.7 Å². The van der Waals surface area contributed by atoms with E-state index in [4.69, 9.17) is 15.6 Å². The fraction of sp³-hybridized carbons (Fsp3) is 0.179. The van der Waals surface area contributed by atoms with Gasteiger partial charge in [-0.3, -0.25) is 14.4 Å². The van der Waals surface area contributed by atoms with E-state index < -0.39 is 17.7 Å². The maximum absolute atomic E-state index is 12.9. The third-order valence-corrected chi connectivity index (χ3v) is 6.00. The van der Waals surface area contributed by atoms with Crippen LogP contribution in [0, 0.1) is 6.92 Å². The Labute approximate surface area is 202 Å². The van der Waals surface area contributed by atoms with Crippen molar-refractivity contribution in [3.8, 4) is 16.9 Å². The highest BCUT2D eigenvalue weighted by Crippen LogP contribution is 2.34. The molecule has 0 spiro atoms. The largest absolute Gasteiger partial charge is 0.491 e. The van der Waals surface area contributed by atoms with Gasteiger partial charge in [-0.15, -0.1) is 0 Å². The van der Waals surface area contributed by atoms with Crippen LogP contribution >= 0.6 is 0 Å². The van der Waals surface area contributed by atoms with Gasteiger partial charge in [-0.1, -0.05) is 54.6 Å². The van der Waals surface area contributed by atoms with Crippen LogP contribution in [0.25, 0.3) is 16.6 Å². The van der Waals surface area contributed by atoms with Crippen LogP contribution < -0.4 is 10.5 Å². The Morgan fingerprint density at radius 1 is 0.971 bits per heavy atom. The summed E-state index contributed by atoms with van der Waals surface area (Å²) in [4.78, 5) is 35.6. The number of aliphatic carboxylic acids is 1. The Bertz CT molecular complexity index is 1410. The van der Waals surface area contributed by atoms with Gasteiger partial charge in [0.05, 0.1) is 17.7 Å². The zero-order valence-corrected chi connectivity index (χ0v) is 19.4. The van der Waals surface area contributed by atoms with Gasteiger partial charge in [-0.2, -0.15) is 0 Å². The molecule has 0 aliphatic heterocycles. The maximum Gasteiger partial charge on any atom is 0.303 e. The number of primary amides is 1. The summed E-state index contributed by atoms with van der Waals surface area (Å²) in [6.45, 7) is 1.96. The molecule has 0 fully saturated rings. The quantitative estimate of drug-likeness (QED) is 0.203. The number of aromatic nitrogens is 1. The molecule has 0 atom stereocenters. The first-order chi connectivity index (χ1) is 16.9. The van der Waals surface area contributed by atoms with E-state index in [1.165, 1.54) is 0 Å². The van der Waals surface area contributed by atoms with Crippen molar-refractivity contribution in [2.75, 3.05) is 6.61 Å². The summed E-state index contributed by atoms with van der Waals surface area (Å²) in [6.07, 6.45) is 2.61. The van der Waals surface area contributed by atoms with Crippen LogP contribution in [0.4, 0.5) is 0 Å². The molecule has 0 radical (unpaired) electrons. The minimum absolute atomic E-state index is 0.0300. The number of pyridine rings is 1. The Morgan fingerprint density at radius 3 is 2.40 bits per heavy atom. The van der Waals surface area contributed by atoms with E-state index in [0.717, 1.165) is 22.4 Å². The van der Waals surface area contributed by atoms with Crippen molar-refractivity contribution >= 4 is 23.2 Å². The summed E-state index contributed by atoms with van der Waals surface area (Å²) < 4.78 is 7.72. The molecule has 0 unspecified atom stereocenters. The first kappa shape index (κ1) is 23.8. The number of carboxylic acids is 1. The minimum atomic E-state index is -1.04. The number of nitrogens with zero attached hydrogens (tertiary/aromatic N) is 1. The first-order valence-electron chi connectivity index (χ1n) is 11.3. The molecule has 7 nitrogen and oxygen atoms in total. The molecule has 4 rings (SSSR count). The fourth-order valence-corrected chi connectivity index (χ4v) is 4.35. The van der Waals surface area contributed by atoms with Crippen molar-refractivity contribution in [2.24, 2.45) is 5.73 Å². The highest BCUT2D eigenvalue weighted by atomic mass is 16.5. The first-order valence-corrected chi connectivity index (χ1v) is 11.3. The van der Waals surface area contributed by atoms with Crippen LogP contribution in [-0.4, -0.2) is 33.8 Å². The predicted molar refractivity (Wildman–Crippen MR) is 133 cm³/mol. The number of amides is 1. The molecular weight excluding hydrogens is 444 g/mol. The number of rotatable bonds is 10. The van der Waals surface area contributed by atoms with E-state index in [-0.39, 0.29) is 18.6 Å². The molecule has 2 aromatic heterocycles. The number of carbonyl (C=O) groups is 3. The molecule has 0 aliphatic carbocycles. The lowest BCUT2D eigenvalue weighted by molar-refractivity contribution is -0.137. The van der Waals surface area contributed by atoms with Gasteiger partial charge in [0.25, 0.3) is 11.7 Å². The second-order valence-electron chi connectivity index (χ2n) is 8.28.